The summed E-state index contributed by atoms with van der Waals surface area (Å²) in [6.45, 7) is 5.93. The lowest BCUT2D eigenvalue weighted by molar-refractivity contribution is -0.134. The lowest BCUT2D eigenvalue weighted by Crippen LogP contribution is -2.57. The van der Waals surface area contributed by atoms with Crippen molar-refractivity contribution in [3.05, 3.63) is 29.3 Å². The van der Waals surface area contributed by atoms with Crippen LogP contribution < -0.4 is 5.32 Å². The Morgan fingerprint density at radius 2 is 2.14 bits per heavy atom. The van der Waals surface area contributed by atoms with Gasteiger partial charge in [0.25, 0.3) is 0 Å². The molecule has 118 valence electrons. The third kappa shape index (κ3) is 5.06. The maximum Gasteiger partial charge on any atom is 0.223 e. The number of carbonyl (C=O) groups is 1. The Morgan fingerprint density at radius 3 is 2.86 bits per heavy atom. The molecule has 1 aliphatic heterocycles. The van der Waals surface area contributed by atoms with Crippen molar-refractivity contribution in [2.24, 2.45) is 0 Å². The number of thioether (sulfide) groups is 1. The molecule has 0 aromatic heterocycles. The van der Waals surface area contributed by atoms with Gasteiger partial charge in [-0.25, -0.2) is 0 Å². The number of hydrogen-bond donors (Lipinski definition) is 1. The molecule has 2 unspecified atom stereocenters. The molecule has 0 aliphatic carbocycles. The number of benzene rings is 1. The average Bonchev–Trinajstić information content (AvgIpc) is 2.44. The molecule has 0 radical (unpaired) electrons. The molecule has 1 heterocycles. The highest BCUT2D eigenvalue weighted by atomic mass is 35.5. The number of nitrogens with one attached hydrogen (secondary N) is 1. The number of halogens is 2. The van der Waals surface area contributed by atoms with Crippen molar-refractivity contribution in [1.29, 1.82) is 0 Å². The van der Waals surface area contributed by atoms with Gasteiger partial charge in [0.15, 0.2) is 0 Å². The average molecular weight is 349 g/mol. The lowest BCUT2D eigenvalue weighted by Gasteiger charge is -2.38. The van der Waals surface area contributed by atoms with Crippen LogP contribution in [0.15, 0.2) is 29.2 Å². The van der Waals surface area contributed by atoms with Gasteiger partial charge in [-0.2, -0.15) is 0 Å². The molecule has 2 rings (SSSR count). The van der Waals surface area contributed by atoms with Gasteiger partial charge in [0.05, 0.1) is 5.02 Å². The number of carbonyl (C=O) groups excluding carboxylic acids is 1. The van der Waals surface area contributed by atoms with Gasteiger partial charge in [-0.1, -0.05) is 23.7 Å². The van der Waals surface area contributed by atoms with Crippen LogP contribution in [0.5, 0.6) is 0 Å². The molecule has 2 atom stereocenters. The first kappa shape index (κ1) is 18.6. The maximum atomic E-state index is 12.3. The van der Waals surface area contributed by atoms with Gasteiger partial charge in [-0.3, -0.25) is 4.79 Å². The predicted octanol–water partition coefficient (Wildman–Crippen LogP) is 3.45. The number of piperazine rings is 1. The fourth-order valence-corrected chi connectivity index (χ4v) is 3.54. The molecular formula is C15H22Cl2N2OS. The maximum absolute atomic E-state index is 12.3. The quantitative estimate of drug-likeness (QED) is 0.845. The monoisotopic (exact) mass is 348 g/mol. The Kier molecular flexibility index (Phi) is 7.88. The van der Waals surface area contributed by atoms with Crippen molar-refractivity contribution in [2.75, 3.05) is 18.8 Å². The van der Waals surface area contributed by atoms with E-state index in [1.807, 2.05) is 29.2 Å². The summed E-state index contributed by atoms with van der Waals surface area (Å²) in [5.74, 6) is 1.01. The van der Waals surface area contributed by atoms with Crippen LogP contribution in [0.4, 0.5) is 0 Å². The second kappa shape index (κ2) is 8.89. The molecule has 1 aromatic carbocycles. The largest absolute Gasteiger partial charge is 0.337 e. The molecule has 1 aliphatic rings. The van der Waals surface area contributed by atoms with E-state index in [9.17, 15) is 4.79 Å². The molecule has 0 spiro atoms. The SMILES string of the molecule is CC1NCCN(C(=O)CCSc2ccccc2Cl)C1C.Cl. The molecule has 1 aromatic rings. The third-order valence-corrected chi connectivity index (χ3v) is 5.28. The van der Waals surface area contributed by atoms with Crippen molar-refractivity contribution >= 4 is 41.7 Å². The number of hydrogen-bond acceptors (Lipinski definition) is 3. The fraction of sp³-hybridized carbons (Fsp3) is 0.533. The van der Waals surface area contributed by atoms with Crippen LogP contribution in [0.2, 0.25) is 5.02 Å². The minimum Gasteiger partial charge on any atom is -0.337 e. The summed E-state index contributed by atoms with van der Waals surface area (Å²) in [5, 5.41) is 4.15. The Morgan fingerprint density at radius 1 is 1.43 bits per heavy atom. The molecule has 3 nitrogen and oxygen atoms in total. The zero-order valence-corrected chi connectivity index (χ0v) is 14.7. The van der Waals surface area contributed by atoms with Crippen molar-refractivity contribution in [3.63, 3.8) is 0 Å². The molecule has 1 saturated heterocycles. The highest BCUT2D eigenvalue weighted by Crippen LogP contribution is 2.27. The summed E-state index contributed by atoms with van der Waals surface area (Å²) in [6, 6.07) is 8.39. The smallest absolute Gasteiger partial charge is 0.223 e. The van der Waals surface area contributed by atoms with E-state index in [1.54, 1.807) is 11.8 Å². The summed E-state index contributed by atoms with van der Waals surface area (Å²) in [6.07, 6.45) is 0.562. The Hall–Kier alpha value is -0.420. The van der Waals surface area contributed by atoms with Crippen LogP contribution in [0, 0.1) is 0 Å². The Balaban J connectivity index is 0.00000220. The van der Waals surface area contributed by atoms with Gasteiger partial charge in [0, 0.05) is 42.2 Å². The second-order valence-corrected chi connectivity index (χ2v) is 6.64. The molecule has 6 heteroatoms. The molecular weight excluding hydrogens is 327 g/mol. The fourth-order valence-electron chi connectivity index (χ4n) is 2.36. The summed E-state index contributed by atoms with van der Waals surface area (Å²) < 4.78 is 0. The highest BCUT2D eigenvalue weighted by molar-refractivity contribution is 7.99. The standard InChI is InChI=1S/C15H21ClN2OS.ClH/c1-11-12(2)18(9-8-17-11)15(19)7-10-20-14-6-4-3-5-13(14)16;/h3-6,11-12,17H,7-10H2,1-2H3;1H. The first-order valence-corrected chi connectivity index (χ1v) is 8.36. The van der Waals surface area contributed by atoms with Gasteiger partial charge in [0.1, 0.15) is 0 Å². The minimum atomic E-state index is 0. The number of rotatable bonds is 4. The zero-order chi connectivity index (χ0) is 14.5. The normalized spacial score (nSPS) is 21.8. The zero-order valence-electron chi connectivity index (χ0n) is 12.3. The van der Waals surface area contributed by atoms with E-state index in [0.717, 1.165) is 28.8 Å². The van der Waals surface area contributed by atoms with E-state index in [2.05, 4.69) is 19.2 Å². The van der Waals surface area contributed by atoms with E-state index in [1.165, 1.54) is 0 Å². The first-order valence-electron chi connectivity index (χ1n) is 7.00. The highest BCUT2D eigenvalue weighted by Gasteiger charge is 2.27. The van der Waals surface area contributed by atoms with E-state index < -0.39 is 0 Å². The Bertz CT molecular complexity index is 473. The summed E-state index contributed by atoms with van der Waals surface area (Å²) in [7, 11) is 0. The summed E-state index contributed by atoms with van der Waals surface area (Å²) in [5.41, 5.74) is 0. The molecule has 1 amide bonds. The predicted molar refractivity (Wildman–Crippen MR) is 92.7 cm³/mol. The molecule has 21 heavy (non-hydrogen) atoms. The lowest BCUT2D eigenvalue weighted by atomic mass is 10.1. The molecule has 1 N–H and O–H groups in total. The van der Waals surface area contributed by atoms with Gasteiger partial charge in [-0.05, 0) is 26.0 Å². The van der Waals surface area contributed by atoms with Gasteiger partial charge >= 0.3 is 0 Å². The van der Waals surface area contributed by atoms with Crippen LogP contribution >= 0.6 is 35.8 Å². The van der Waals surface area contributed by atoms with E-state index in [0.29, 0.717) is 12.5 Å². The molecule has 0 saturated carbocycles. The summed E-state index contributed by atoms with van der Waals surface area (Å²) >= 11 is 7.75. The van der Waals surface area contributed by atoms with Gasteiger partial charge in [-0.15, -0.1) is 24.2 Å². The van der Waals surface area contributed by atoms with Crippen LogP contribution in [0.25, 0.3) is 0 Å². The first-order chi connectivity index (χ1) is 9.59. The van der Waals surface area contributed by atoms with Crippen LogP contribution in [0.3, 0.4) is 0 Å². The van der Waals surface area contributed by atoms with Gasteiger partial charge < -0.3 is 10.2 Å². The van der Waals surface area contributed by atoms with Gasteiger partial charge in [0.2, 0.25) is 5.91 Å². The number of nitrogens with zero attached hydrogens (tertiary/aromatic N) is 1. The van der Waals surface area contributed by atoms with Crippen molar-refractivity contribution < 1.29 is 4.79 Å². The van der Waals surface area contributed by atoms with Crippen molar-refractivity contribution in [2.45, 2.75) is 37.2 Å². The molecule has 1 fully saturated rings. The van der Waals surface area contributed by atoms with E-state index >= 15 is 0 Å². The molecule has 0 bridgehead atoms. The third-order valence-electron chi connectivity index (χ3n) is 3.76. The van der Waals surface area contributed by atoms with Crippen molar-refractivity contribution in [3.8, 4) is 0 Å². The van der Waals surface area contributed by atoms with Crippen molar-refractivity contribution in [1.82, 2.24) is 10.2 Å². The minimum absolute atomic E-state index is 0. The van der Waals surface area contributed by atoms with E-state index in [-0.39, 0.29) is 24.4 Å². The number of amides is 1. The van der Waals surface area contributed by atoms with Crippen LogP contribution in [-0.2, 0) is 4.79 Å². The Labute approximate surface area is 142 Å². The van der Waals surface area contributed by atoms with E-state index in [4.69, 9.17) is 11.6 Å². The summed E-state index contributed by atoms with van der Waals surface area (Å²) in [4.78, 5) is 15.3. The van der Waals surface area contributed by atoms with Crippen LogP contribution in [0.1, 0.15) is 20.3 Å². The van der Waals surface area contributed by atoms with Crippen LogP contribution in [-0.4, -0.2) is 41.7 Å². The second-order valence-electron chi connectivity index (χ2n) is 5.10. The topological polar surface area (TPSA) is 32.3 Å².